The van der Waals surface area contributed by atoms with Crippen LogP contribution >= 0.6 is 12.4 Å². The lowest BCUT2D eigenvalue weighted by atomic mass is 10.2. The number of halogens is 2. The lowest BCUT2D eigenvalue weighted by Gasteiger charge is -2.07. The molecule has 1 unspecified atom stereocenters. The van der Waals surface area contributed by atoms with Crippen molar-refractivity contribution in [3.63, 3.8) is 0 Å². The van der Waals surface area contributed by atoms with Crippen LogP contribution in [0.2, 0.25) is 0 Å². The second-order valence-electron chi connectivity index (χ2n) is 1.63. The summed E-state index contributed by atoms with van der Waals surface area (Å²) in [5.74, 6) is -1.46. The molecule has 0 aliphatic carbocycles. The first-order valence-electron chi connectivity index (χ1n) is 2.04. The number of hydrogen-bond donors (Lipinski definition) is 1. The Kier molecular flexibility index (Phi) is 4.70. The number of nitrogens with two attached hydrogens (primary N) is 1. The Morgan fingerprint density at radius 3 is 1.86 bits per heavy atom. The maximum atomic E-state index is 11.9. The summed E-state index contributed by atoms with van der Waals surface area (Å²) in [4.78, 5) is 0. The standard InChI is InChI=1S/C4H10FN.ClH/c1-3-4(2,5)6;/h3,6H2,1-2H3;1H. The Labute approximate surface area is 49.5 Å². The fourth-order valence-corrected chi connectivity index (χ4v) is 0. The molecule has 0 spiro atoms. The minimum absolute atomic E-state index is 0. The van der Waals surface area contributed by atoms with Crippen LogP contribution in [0, 0.1) is 0 Å². The van der Waals surface area contributed by atoms with Gasteiger partial charge in [-0.1, -0.05) is 6.92 Å². The van der Waals surface area contributed by atoms with Gasteiger partial charge in [-0.05, 0) is 13.3 Å². The molecule has 46 valence electrons. The third kappa shape index (κ3) is 10.7. The largest absolute Gasteiger partial charge is 0.299 e. The number of rotatable bonds is 1. The number of alkyl halides is 1. The highest BCUT2D eigenvalue weighted by molar-refractivity contribution is 5.85. The average molecular weight is 128 g/mol. The van der Waals surface area contributed by atoms with Crippen LogP contribution in [0.25, 0.3) is 0 Å². The zero-order valence-electron chi connectivity index (χ0n) is 4.57. The van der Waals surface area contributed by atoms with Crippen molar-refractivity contribution in [2.24, 2.45) is 5.73 Å². The van der Waals surface area contributed by atoms with Crippen LogP contribution in [0.3, 0.4) is 0 Å². The Bertz CT molecular complexity index is 41.4. The molecule has 0 radical (unpaired) electrons. The van der Waals surface area contributed by atoms with E-state index in [1.807, 2.05) is 0 Å². The van der Waals surface area contributed by atoms with E-state index in [1.54, 1.807) is 6.92 Å². The van der Waals surface area contributed by atoms with Crippen LogP contribution in [-0.4, -0.2) is 5.79 Å². The Balaban J connectivity index is 0. The van der Waals surface area contributed by atoms with E-state index in [1.165, 1.54) is 6.92 Å². The van der Waals surface area contributed by atoms with E-state index < -0.39 is 5.79 Å². The van der Waals surface area contributed by atoms with E-state index >= 15 is 0 Å². The van der Waals surface area contributed by atoms with Crippen LogP contribution in [0.15, 0.2) is 0 Å². The Morgan fingerprint density at radius 2 is 1.86 bits per heavy atom. The van der Waals surface area contributed by atoms with Gasteiger partial charge in [0.15, 0.2) is 5.79 Å². The normalized spacial score (nSPS) is 17.1. The van der Waals surface area contributed by atoms with Crippen molar-refractivity contribution >= 4 is 12.4 Å². The topological polar surface area (TPSA) is 26.0 Å². The Morgan fingerprint density at radius 1 is 1.71 bits per heavy atom. The van der Waals surface area contributed by atoms with Crippen LogP contribution in [-0.2, 0) is 0 Å². The summed E-state index contributed by atoms with van der Waals surface area (Å²) in [7, 11) is 0. The van der Waals surface area contributed by atoms with Crippen LogP contribution in [0.4, 0.5) is 4.39 Å². The van der Waals surface area contributed by atoms with Gasteiger partial charge < -0.3 is 0 Å². The average Bonchev–Trinajstić information content (AvgIpc) is 1.35. The molecule has 0 saturated heterocycles. The second kappa shape index (κ2) is 3.22. The fraction of sp³-hybridized carbons (Fsp3) is 1.00. The molecule has 0 heterocycles. The molecule has 1 nitrogen and oxygen atoms in total. The van der Waals surface area contributed by atoms with Gasteiger partial charge in [0.1, 0.15) is 0 Å². The molecule has 0 aromatic rings. The third-order valence-electron chi connectivity index (χ3n) is 0.691. The van der Waals surface area contributed by atoms with Crippen molar-refractivity contribution in [3.8, 4) is 0 Å². The predicted molar refractivity (Wildman–Crippen MR) is 31.2 cm³/mol. The van der Waals surface area contributed by atoms with Crippen LogP contribution in [0.1, 0.15) is 20.3 Å². The van der Waals surface area contributed by atoms with Crippen LogP contribution < -0.4 is 5.73 Å². The van der Waals surface area contributed by atoms with Crippen molar-refractivity contribution in [1.29, 1.82) is 0 Å². The molecule has 0 fully saturated rings. The first kappa shape index (κ1) is 10.2. The number of hydrogen-bond acceptors (Lipinski definition) is 1. The van der Waals surface area contributed by atoms with Gasteiger partial charge in [0.05, 0.1) is 0 Å². The molecule has 7 heavy (non-hydrogen) atoms. The lowest BCUT2D eigenvalue weighted by molar-refractivity contribution is 0.193. The molecule has 0 aliphatic heterocycles. The van der Waals surface area contributed by atoms with Gasteiger partial charge in [-0.3, -0.25) is 5.73 Å². The van der Waals surface area contributed by atoms with Gasteiger partial charge in [0.2, 0.25) is 0 Å². The lowest BCUT2D eigenvalue weighted by Crippen LogP contribution is -2.28. The van der Waals surface area contributed by atoms with E-state index in [0.717, 1.165) is 0 Å². The minimum atomic E-state index is -1.46. The molecule has 0 rings (SSSR count). The van der Waals surface area contributed by atoms with Gasteiger partial charge >= 0.3 is 0 Å². The monoisotopic (exact) mass is 127 g/mol. The molecule has 0 aromatic carbocycles. The summed E-state index contributed by atoms with van der Waals surface area (Å²) in [5, 5.41) is 0. The summed E-state index contributed by atoms with van der Waals surface area (Å²) in [5.41, 5.74) is 4.87. The molecule has 2 N–H and O–H groups in total. The molecule has 0 aromatic heterocycles. The van der Waals surface area contributed by atoms with Crippen molar-refractivity contribution < 1.29 is 4.39 Å². The highest BCUT2D eigenvalue weighted by Crippen LogP contribution is 2.02. The molecular weight excluding hydrogens is 117 g/mol. The van der Waals surface area contributed by atoms with Gasteiger partial charge in [0, 0.05) is 0 Å². The van der Waals surface area contributed by atoms with E-state index in [-0.39, 0.29) is 12.4 Å². The summed E-state index contributed by atoms with van der Waals surface area (Å²) in [6, 6.07) is 0. The highest BCUT2D eigenvalue weighted by Gasteiger charge is 2.09. The molecule has 3 heteroatoms. The summed E-state index contributed by atoms with van der Waals surface area (Å²) in [6.45, 7) is 3.06. The van der Waals surface area contributed by atoms with Crippen molar-refractivity contribution in [1.82, 2.24) is 0 Å². The van der Waals surface area contributed by atoms with Gasteiger partial charge in [-0.15, -0.1) is 12.4 Å². The molecule has 0 saturated carbocycles. The minimum Gasteiger partial charge on any atom is -0.299 e. The molecule has 0 aliphatic rings. The van der Waals surface area contributed by atoms with Crippen LogP contribution in [0.5, 0.6) is 0 Å². The van der Waals surface area contributed by atoms with Gasteiger partial charge in [-0.25, -0.2) is 4.39 Å². The summed E-state index contributed by atoms with van der Waals surface area (Å²) in [6.07, 6.45) is 0.382. The third-order valence-corrected chi connectivity index (χ3v) is 0.691. The SMILES string of the molecule is CCC(C)(N)F.Cl. The predicted octanol–water partition coefficient (Wildman–Crippen LogP) is 1.46. The van der Waals surface area contributed by atoms with Crippen molar-refractivity contribution in [3.05, 3.63) is 0 Å². The van der Waals surface area contributed by atoms with Gasteiger partial charge in [-0.2, -0.15) is 0 Å². The zero-order chi connectivity index (χ0) is 5.21. The highest BCUT2D eigenvalue weighted by atomic mass is 35.5. The quantitative estimate of drug-likeness (QED) is 0.531. The maximum absolute atomic E-state index is 11.9. The summed E-state index contributed by atoms with van der Waals surface area (Å²) < 4.78 is 11.9. The molecule has 0 bridgehead atoms. The first-order chi connectivity index (χ1) is 2.56. The first-order valence-corrected chi connectivity index (χ1v) is 2.04. The molecule has 1 atom stereocenters. The second-order valence-corrected chi connectivity index (χ2v) is 1.63. The Hall–Kier alpha value is 0.180. The van der Waals surface area contributed by atoms with E-state index in [2.05, 4.69) is 0 Å². The maximum Gasteiger partial charge on any atom is 0.156 e. The molecular formula is C4H11ClFN. The van der Waals surface area contributed by atoms with E-state index in [4.69, 9.17) is 5.73 Å². The van der Waals surface area contributed by atoms with Gasteiger partial charge in [0.25, 0.3) is 0 Å². The molecule has 0 amide bonds. The van der Waals surface area contributed by atoms with E-state index in [0.29, 0.717) is 6.42 Å². The van der Waals surface area contributed by atoms with E-state index in [9.17, 15) is 4.39 Å². The van der Waals surface area contributed by atoms with Crippen molar-refractivity contribution in [2.45, 2.75) is 26.1 Å². The summed E-state index contributed by atoms with van der Waals surface area (Å²) >= 11 is 0. The smallest absolute Gasteiger partial charge is 0.156 e. The zero-order valence-corrected chi connectivity index (χ0v) is 5.39. The fourth-order valence-electron chi connectivity index (χ4n) is 0. The van der Waals surface area contributed by atoms with Crippen molar-refractivity contribution in [2.75, 3.05) is 0 Å².